The normalized spacial score (nSPS) is 10.7. The predicted octanol–water partition coefficient (Wildman–Crippen LogP) is 6.32. The number of benzene rings is 3. The molecule has 0 atom stereocenters. The molecule has 0 spiro atoms. The average molecular weight is 440 g/mol. The molecule has 0 unspecified atom stereocenters. The highest BCUT2D eigenvalue weighted by Gasteiger charge is 2.09. The summed E-state index contributed by atoms with van der Waals surface area (Å²) in [5.41, 5.74) is 4.12. The van der Waals surface area contributed by atoms with Gasteiger partial charge in [0.15, 0.2) is 0 Å². The highest BCUT2D eigenvalue weighted by molar-refractivity contribution is 6.04. The number of ether oxygens (including phenoxy) is 2. The summed E-state index contributed by atoms with van der Waals surface area (Å²) in [6.07, 6.45) is 1.45. The molecule has 4 aromatic rings. The van der Waals surface area contributed by atoms with Gasteiger partial charge in [-0.15, -0.1) is 0 Å². The Morgan fingerprint density at radius 3 is 2.15 bits per heavy atom. The van der Waals surface area contributed by atoms with Crippen LogP contribution in [0, 0.1) is 0 Å². The van der Waals surface area contributed by atoms with Crippen molar-refractivity contribution in [2.24, 2.45) is 0 Å². The predicted molar refractivity (Wildman–Crippen MR) is 129 cm³/mol. The van der Waals surface area contributed by atoms with Crippen LogP contribution < -0.4 is 14.8 Å². The van der Waals surface area contributed by atoms with E-state index >= 15 is 0 Å². The lowest BCUT2D eigenvalue weighted by molar-refractivity contribution is 0.102. The second-order valence-electron chi connectivity index (χ2n) is 7.83. The third kappa shape index (κ3) is 5.54. The SMILES string of the molecule is COc1ccc(Oc2cc(-c3ccc(C(=O)Nc4ccc(C(C)C)cc4)cc3)ncn2)cc1. The minimum atomic E-state index is -0.162. The first kappa shape index (κ1) is 22.0. The largest absolute Gasteiger partial charge is 0.497 e. The number of hydrogen-bond donors (Lipinski definition) is 1. The van der Waals surface area contributed by atoms with Crippen molar-refractivity contribution in [2.75, 3.05) is 12.4 Å². The zero-order chi connectivity index (χ0) is 23.2. The van der Waals surface area contributed by atoms with Crippen LogP contribution in [0.25, 0.3) is 11.3 Å². The van der Waals surface area contributed by atoms with Gasteiger partial charge in [-0.2, -0.15) is 0 Å². The van der Waals surface area contributed by atoms with E-state index in [2.05, 4.69) is 29.1 Å². The van der Waals surface area contributed by atoms with Crippen molar-refractivity contribution in [1.82, 2.24) is 9.97 Å². The summed E-state index contributed by atoms with van der Waals surface area (Å²) in [6.45, 7) is 4.28. The fourth-order valence-corrected chi connectivity index (χ4v) is 3.26. The van der Waals surface area contributed by atoms with Crippen molar-refractivity contribution < 1.29 is 14.3 Å². The Kier molecular flexibility index (Phi) is 6.64. The second kappa shape index (κ2) is 9.96. The summed E-state index contributed by atoms with van der Waals surface area (Å²) in [6, 6.07) is 24.2. The molecular weight excluding hydrogens is 414 g/mol. The molecule has 6 heteroatoms. The molecule has 1 amide bonds. The van der Waals surface area contributed by atoms with E-state index in [1.807, 2.05) is 60.7 Å². The number of carbonyl (C=O) groups is 1. The van der Waals surface area contributed by atoms with E-state index in [4.69, 9.17) is 9.47 Å². The molecule has 6 nitrogen and oxygen atoms in total. The minimum Gasteiger partial charge on any atom is -0.497 e. The zero-order valence-corrected chi connectivity index (χ0v) is 18.8. The van der Waals surface area contributed by atoms with Crippen LogP contribution in [0.5, 0.6) is 17.4 Å². The lowest BCUT2D eigenvalue weighted by Gasteiger charge is -2.09. The van der Waals surface area contributed by atoms with Crippen LogP contribution in [-0.4, -0.2) is 23.0 Å². The van der Waals surface area contributed by atoms with Gasteiger partial charge >= 0.3 is 0 Å². The maximum Gasteiger partial charge on any atom is 0.255 e. The maximum atomic E-state index is 12.6. The number of rotatable bonds is 7. The van der Waals surface area contributed by atoms with E-state index in [0.717, 1.165) is 17.0 Å². The van der Waals surface area contributed by atoms with Gasteiger partial charge in [-0.1, -0.05) is 38.1 Å². The summed E-state index contributed by atoms with van der Waals surface area (Å²) < 4.78 is 11.0. The highest BCUT2D eigenvalue weighted by Crippen LogP contribution is 2.26. The molecule has 0 bridgehead atoms. The quantitative estimate of drug-likeness (QED) is 0.365. The van der Waals surface area contributed by atoms with Gasteiger partial charge in [0.2, 0.25) is 5.88 Å². The number of nitrogens with one attached hydrogen (secondary N) is 1. The van der Waals surface area contributed by atoms with E-state index in [1.54, 1.807) is 25.3 Å². The zero-order valence-electron chi connectivity index (χ0n) is 18.8. The van der Waals surface area contributed by atoms with Crippen LogP contribution in [-0.2, 0) is 0 Å². The van der Waals surface area contributed by atoms with Crippen molar-refractivity contribution in [3.8, 4) is 28.6 Å². The molecule has 4 rings (SSSR count). The van der Waals surface area contributed by atoms with E-state index in [-0.39, 0.29) is 5.91 Å². The monoisotopic (exact) mass is 439 g/mol. The van der Waals surface area contributed by atoms with Gasteiger partial charge in [-0.05, 0) is 60.0 Å². The number of amides is 1. The van der Waals surface area contributed by atoms with E-state index in [9.17, 15) is 4.79 Å². The van der Waals surface area contributed by atoms with Crippen LogP contribution >= 0.6 is 0 Å². The first-order valence-corrected chi connectivity index (χ1v) is 10.7. The molecule has 0 saturated carbocycles. The fraction of sp³-hybridized carbons (Fsp3) is 0.148. The smallest absolute Gasteiger partial charge is 0.255 e. The van der Waals surface area contributed by atoms with Crippen molar-refractivity contribution in [3.63, 3.8) is 0 Å². The van der Waals surface area contributed by atoms with Crippen LogP contribution in [0.15, 0.2) is 85.2 Å². The van der Waals surface area contributed by atoms with Gasteiger partial charge in [-0.25, -0.2) is 9.97 Å². The van der Waals surface area contributed by atoms with Gasteiger partial charge in [0.25, 0.3) is 5.91 Å². The molecule has 3 aromatic carbocycles. The Labute approximate surface area is 193 Å². The summed E-state index contributed by atoms with van der Waals surface area (Å²) in [7, 11) is 1.62. The number of aromatic nitrogens is 2. The molecule has 0 aliphatic carbocycles. The van der Waals surface area contributed by atoms with Crippen molar-refractivity contribution in [2.45, 2.75) is 19.8 Å². The topological polar surface area (TPSA) is 73.3 Å². The van der Waals surface area contributed by atoms with E-state index in [0.29, 0.717) is 28.8 Å². The minimum absolute atomic E-state index is 0.162. The summed E-state index contributed by atoms with van der Waals surface area (Å²) in [5, 5.41) is 2.93. The Bertz CT molecular complexity index is 1220. The Hall–Kier alpha value is -4.19. The molecule has 1 aromatic heterocycles. The molecular formula is C27H25N3O3. The molecule has 1 N–H and O–H groups in total. The van der Waals surface area contributed by atoms with Crippen LogP contribution in [0.3, 0.4) is 0 Å². The lowest BCUT2D eigenvalue weighted by atomic mass is 10.0. The second-order valence-corrected chi connectivity index (χ2v) is 7.83. The van der Waals surface area contributed by atoms with Crippen molar-refractivity contribution >= 4 is 11.6 Å². The number of anilines is 1. The standard InChI is InChI=1S/C27H25N3O3/c1-18(2)19-8-10-22(11-9-19)30-27(31)21-6-4-20(5-7-21)25-16-26(29-17-28-25)33-24-14-12-23(32-3)13-15-24/h4-18H,1-3H3,(H,30,31). The van der Waals surface area contributed by atoms with Gasteiger partial charge in [0.05, 0.1) is 12.8 Å². The van der Waals surface area contributed by atoms with Crippen LogP contribution in [0.1, 0.15) is 35.7 Å². The maximum absolute atomic E-state index is 12.6. The van der Waals surface area contributed by atoms with Crippen LogP contribution in [0.2, 0.25) is 0 Å². The summed E-state index contributed by atoms with van der Waals surface area (Å²) >= 11 is 0. The molecule has 0 fully saturated rings. The molecule has 0 aliphatic rings. The van der Waals surface area contributed by atoms with E-state index in [1.165, 1.54) is 11.9 Å². The first-order valence-electron chi connectivity index (χ1n) is 10.7. The fourth-order valence-electron chi connectivity index (χ4n) is 3.26. The van der Waals surface area contributed by atoms with E-state index < -0.39 is 0 Å². The molecule has 0 aliphatic heterocycles. The molecule has 166 valence electrons. The third-order valence-electron chi connectivity index (χ3n) is 5.20. The lowest BCUT2D eigenvalue weighted by Crippen LogP contribution is -2.11. The summed E-state index contributed by atoms with van der Waals surface area (Å²) in [5.74, 6) is 2.12. The van der Waals surface area contributed by atoms with Crippen LogP contribution in [0.4, 0.5) is 5.69 Å². The number of nitrogens with zero attached hydrogens (tertiary/aromatic N) is 2. The number of methoxy groups -OCH3 is 1. The molecule has 0 radical (unpaired) electrons. The van der Waals surface area contributed by atoms with Gasteiger partial charge in [0, 0.05) is 22.9 Å². The number of carbonyl (C=O) groups excluding carboxylic acids is 1. The summed E-state index contributed by atoms with van der Waals surface area (Å²) in [4.78, 5) is 21.1. The molecule has 1 heterocycles. The Morgan fingerprint density at radius 1 is 0.848 bits per heavy atom. The number of hydrogen-bond acceptors (Lipinski definition) is 5. The molecule has 0 saturated heterocycles. The Balaban J connectivity index is 1.44. The molecule has 33 heavy (non-hydrogen) atoms. The van der Waals surface area contributed by atoms with Gasteiger partial charge < -0.3 is 14.8 Å². The van der Waals surface area contributed by atoms with Crippen molar-refractivity contribution in [1.29, 1.82) is 0 Å². The van der Waals surface area contributed by atoms with Crippen molar-refractivity contribution in [3.05, 3.63) is 96.3 Å². The van der Waals surface area contributed by atoms with Gasteiger partial charge in [-0.3, -0.25) is 4.79 Å². The average Bonchev–Trinajstić information content (AvgIpc) is 2.85. The Morgan fingerprint density at radius 2 is 1.52 bits per heavy atom. The third-order valence-corrected chi connectivity index (χ3v) is 5.20. The van der Waals surface area contributed by atoms with Gasteiger partial charge in [0.1, 0.15) is 17.8 Å². The first-order chi connectivity index (χ1) is 16.0. The highest BCUT2D eigenvalue weighted by atomic mass is 16.5.